The van der Waals surface area contributed by atoms with E-state index >= 15 is 0 Å². The van der Waals surface area contributed by atoms with Gasteiger partial charge in [0.15, 0.2) is 0 Å². The largest absolute Gasteiger partial charge is 0.457 e. The molecule has 5 heteroatoms. The van der Waals surface area contributed by atoms with Gasteiger partial charge < -0.3 is 15.8 Å². The highest BCUT2D eigenvalue weighted by Crippen LogP contribution is 2.29. The fraction of sp³-hybridized carbons (Fsp3) is 0.133. The zero-order valence-corrected chi connectivity index (χ0v) is 12.6. The predicted octanol–water partition coefficient (Wildman–Crippen LogP) is 3.06. The van der Waals surface area contributed by atoms with Crippen molar-refractivity contribution in [3.05, 3.63) is 58.1 Å². The molecular weight excluding hydrogens is 320 g/mol. The minimum absolute atomic E-state index is 0.431. The molecule has 0 bridgehead atoms. The lowest BCUT2D eigenvalue weighted by atomic mass is 10.2. The van der Waals surface area contributed by atoms with Gasteiger partial charge in [-0.05, 0) is 47.2 Å². The zero-order valence-electron chi connectivity index (χ0n) is 11.0. The molecule has 104 valence electrons. The van der Waals surface area contributed by atoms with Gasteiger partial charge in [0.25, 0.3) is 0 Å². The topological polar surface area (TPSA) is 64.3 Å². The molecule has 0 saturated heterocycles. The summed E-state index contributed by atoms with van der Waals surface area (Å²) in [6, 6.07) is 12.9. The summed E-state index contributed by atoms with van der Waals surface area (Å²) < 4.78 is 6.47. The number of halogens is 1. The van der Waals surface area contributed by atoms with Crippen molar-refractivity contribution >= 4 is 21.8 Å². The Kier molecular flexibility index (Phi) is 4.76. The van der Waals surface area contributed by atoms with Crippen LogP contribution in [0, 0.1) is 0 Å². The average Bonchev–Trinajstić information content (AvgIpc) is 2.41. The number of primary amides is 1. The summed E-state index contributed by atoms with van der Waals surface area (Å²) in [6.07, 6.45) is 0. The standard InChI is InChI=1S/C15H15BrN2O2/c1-18-9-10-4-2-3-5-14(10)20-11-6-7-12(15(17)19)13(16)8-11/h2-8,18H,9H2,1H3,(H2,17,19). The molecule has 4 nitrogen and oxygen atoms in total. The molecule has 0 fully saturated rings. The van der Waals surface area contributed by atoms with E-state index in [4.69, 9.17) is 10.5 Å². The van der Waals surface area contributed by atoms with Gasteiger partial charge >= 0.3 is 0 Å². The Morgan fingerprint density at radius 3 is 2.70 bits per heavy atom. The number of amides is 1. The molecule has 2 rings (SSSR count). The van der Waals surface area contributed by atoms with Crippen molar-refractivity contribution in [2.24, 2.45) is 5.73 Å². The van der Waals surface area contributed by atoms with Crippen LogP contribution in [0.4, 0.5) is 0 Å². The molecule has 0 unspecified atom stereocenters. The van der Waals surface area contributed by atoms with Crippen LogP contribution in [0.15, 0.2) is 46.9 Å². The molecule has 0 saturated carbocycles. The van der Waals surface area contributed by atoms with Gasteiger partial charge in [-0.25, -0.2) is 0 Å². The monoisotopic (exact) mass is 334 g/mol. The second-order valence-corrected chi connectivity index (χ2v) is 5.10. The molecule has 2 aromatic carbocycles. The number of carbonyl (C=O) groups is 1. The summed E-state index contributed by atoms with van der Waals surface area (Å²) in [7, 11) is 1.88. The first-order valence-corrected chi connectivity index (χ1v) is 6.91. The fourth-order valence-electron chi connectivity index (χ4n) is 1.83. The number of para-hydroxylation sites is 1. The minimum Gasteiger partial charge on any atom is -0.457 e. The number of rotatable bonds is 5. The Morgan fingerprint density at radius 1 is 1.30 bits per heavy atom. The van der Waals surface area contributed by atoms with E-state index in [1.165, 1.54) is 0 Å². The van der Waals surface area contributed by atoms with Crippen molar-refractivity contribution in [3.8, 4) is 11.5 Å². The van der Waals surface area contributed by atoms with Crippen molar-refractivity contribution < 1.29 is 9.53 Å². The van der Waals surface area contributed by atoms with Gasteiger partial charge in [0, 0.05) is 16.6 Å². The predicted molar refractivity (Wildman–Crippen MR) is 81.9 cm³/mol. The fourth-order valence-corrected chi connectivity index (χ4v) is 2.38. The molecule has 0 aromatic heterocycles. The lowest BCUT2D eigenvalue weighted by Crippen LogP contribution is -2.11. The van der Waals surface area contributed by atoms with Crippen LogP contribution in [0.1, 0.15) is 15.9 Å². The number of carbonyl (C=O) groups excluding carboxylic acids is 1. The SMILES string of the molecule is CNCc1ccccc1Oc1ccc(C(N)=O)c(Br)c1. The normalized spacial score (nSPS) is 10.3. The van der Waals surface area contributed by atoms with Crippen LogP contribution in [-0.4, -0.2) is 13.0 Å². The maximum atomic E-state index is 11.2. The molecule has 20 heavy (non-hydrogen) atoms. The summed E-state index contributed by atoms with van der Waals surface area (Å²) in [5, 5.41) is 3.10. The number of benzene rings is 2. The molecule has 0 aliphatic rings. The van der Waals surface area contributed by atoms with Crippen LogP contribution in [0.2, 0.25) is 0 Å². The number of ether oxygens (including phenoxy) is 1. The van der Waals surface area contributed by atoms with E-state index in [0.717, 1.165) is 17.9 Å². The average molecular weight is 335 g/mol. The highest BCUT2D eigenvalue weighted by Gasteiger charge is 2.09. The van der Waals surface area contributed by atoms with E-state index in [0.29, 0.717) is 15.8 Å². The van der Waals surface area contributed by atoms with Crippen molar-refractivity contribution in [3.63, 3.8) is 0 Å². The third kappa shape index (κ3) is 3.37. The number of hydrogen-bond acceptors (Lipinski definition) is 3. The Bertz CT molecular complexity index is 629. The Morgan fingerprint density at radius 2 is 2.05 bits per heavy atom. The maximum absolute atomic E-state index is 11.2. The summed E-state index contributed by atoms with van der Waals surface area (Å²) in [6.45, 7) is 0.719. The third-order valence-corrected chi connectivity index (χ3v) is 3.43. The maximum Gasteiger partial charge on any atom is 0.249 e. The molecule has 0 heterocycles. The zero-order chi connectivity index (χ0) is 14.5. The number of hydrogen-bond donors (Lipinski definition) is 2. The smallest absolute Gasteiger partial charge is 0.249 e. The van der Waals surface area contributed by atoms with E-state index in [1.807, 2.05) is 31.3 Å². The highest BCUT2D eigenvalue weighted by molar-refractivity contribution is 9.10. The number of nitrogens with one attached hydrogen (secondary N) is 1. The van der Waals surface area contributed by atoms with Gasteiger partial charge in [0.1, 0.15) is 11.5 Å². The van der Waals surface area contributed by atoms with Gasteiger partial charge in [-0.1, -0.05) is 18.2 Å². The summed E-state index contributed by atoms with van der Waals surface area (Å²) in [5.41, 5.74) is 6.75. The summed E-state index contributed by atoms with van der Waals surface area (Å²) in [5.74, 6) is 0.949. The van der Waals surface area contributed by atoms with Crippen molar-refractivity contribution in [1.82, 2.24) is 5.32 Å². The molecule has 0 atom stereocenters. The molecule has 0 spiro atoms. The van der Waals surface area contributed by atoms with E-state index < -0.39 is 5.91 Å². The van der Waals surface area contributed by atoms with Crippen molar-refractivity contribution in [2.75, 3.05) is 7.05 Å². The summed E-state index contributed by atoms with van der Waals surface area (Å²) in [4.78, 5) is 11.2. The van der Waals surface area contributed by atoms with Crippen LogP contribution in [0.5, 0.6) is 11.5 Å². The third-order valence-electron chi connectivity index (χ3n) is 2.77. The first-order valence-electron chi connectivity index (χ1n) is 6.11. The van der Waals surface area contributed by atoms with Crippen LogP contribution >= 0.6 is 15.9 Å². The highest BCUT2D eigenvalue weighted by atomic mass is 79.9. The summed E-state index contributed by atoms with van der Waals surface area (Å²) >= 11 is 3.32. The van der Waals surface area contributed by atoms with Crippen molar-refractivity contribution in [2.45, 2.75) is 6.54 Å². The van der Waals surface area contributed by atoms with Gasteiger partial charge in [-0.2, -0.15) is 0 Å². The first-order chi connectivity index (χ1) is 9.61. The van der Waals surface area contributed by atoms with E-state index in [-0.39, 0.29) is 0 Å². The van der Waals surface area contributed by atoms with E-state index in [2.05, 4.69) is 21.2 Å². The van der Waals surface area contributed by atoms with Gasteiger partial charge in [0.2, 0.25) is 5.91 Å². The van der Waals surface area contributed by atoms with Gasteiger partial charge in [0.05, 0.1) is 5.56 Å². The quantitative estimate of drug-likeness (QED) is 0.883. The number of nitrogens with two attached hydrogens (primary N) is 1. The van der Waals surface area contributed by atoms with Gasteiger partial charge in [-0.3, -0.25) is 4.79 Å². The van der Waals surface area contributed by atoms with E-state index in [1.54, 1.807) is 18.2 Å². The van der Waals surface area contributed by atoms with Gasteiger partial charge in [-0.15, -0.1) is 0 Å². The lowest BCUT2D eigenvalue weighted by Gasteiger charge is -2.11. The molecule has 0 aliphatic carbocycles. The van der Waals surface area contributed by atoms with E-state index in [9.17, 15) is 4.79 Å². The second kappa shape index (κ2) is 6.54. The van der Waals surface area contributed by atoms with Crippen LogP contribution < -0.4 is 15.8 Å². The Hall–Kier alpha value is -1.85. The van der Waals surface area contributed by atoms with Crippen LogP contribution in [0.25, 0.3) is 0 Å². The minimum atomic E-state index is -0.473. The van der Waals surface area contributed by atoms with Crippen LogP contribution in [0.3, 0.4) is 0 Å². The molecule has 3 N–H and O–H groups in total. The Labute approximate surface area is 126 Å². The second-order valence-electron chi connectivity index (χ2n) is 4.25. The Balaban J connectivity index is 2.26. The lowest BCUT2D eigenvalue weighted by molar-refractivity contribution is 0.0999. The molecule has 0 radical (unpaired) electrons. The molecular formula is C15H15BrN2O2. The molecule has 1 amide bonds. The van der Waals surface area contributed by atoms with Crippen molar-refractivity contribution in [1.29, 1.82) is 0 Å². The first kappa shape index (κ1) is 14.6. The van der Waals surface area contributed by atoms with Crippen LogP contribution in [-0.2, 0) is 6.54 Å². The molecule has 2 aromatic rings. The molecule has 0 aliphatic heterocycles.